The van der Waals surface area contributed by atoms with Crippen LogP contribution in [-0.4, -0.2) is 14.5 Å². The van der Waals surface area contributed by atoms with Crippen molar-refractivity contribution in [2.45, 2.75) is 0 Å². The Morgan fingerprint density at radius 1 is 1.10 bits per heavy atom. The van der Waals surface area contributed by atoms with E-state index in [1.807, 2.05) is 30.3 Å². The molecule has 0 bridgehead atoms. The molecule has 102 valence electrons. The van der Waals surface area contributed by atoms with Gasteiger partial charge in [-0.2, -0.15) is 0 Å². The summed E-state index contributed by atoms with van der Waals surface area (Å²) in [5.74, 6) is 0. The van der Waals surface area contributed by atoms with E-state index in [1.165, 1.54) is 0 Å². The van der Waals surface area contributed by atoms with E-state index >= 15 is 0 Å². The number of H-pyrrole nitrogens is 1. The number of imidazole rings is 1. The molecule has 0 spiro atoms. The molecule has 2 aromatic carbocycles. The first kappa shape index (κ1) is 12.7. The van der Waals surface area contributed by atoms with Crippen molar-refractivity contribution in [2.24, 2.45) is 0 Å². The first-order valence-electron chi connectivity index (χ1n) is 6.48. The molecule has 0 unspecified atom stereocenters. The maximum Gasteiger partial charge on any atom is 0.182 e. The first-order chi connectivity index (χ1) is 10.2. The zero-order chi connectivity index (χ0) is 14.4. The van der Waals surface area contributed by atoms with Crippen LogP contribution in [0.4, 0.5) is 0 Å². The van der Waals surface area contributed by atoms with Gasteiger partial charge in [0.1, 0.15) is 0 Å². The third kappa shape index (κ3) is 2.01. The third-order valence-corrected chi connectivity index (χ3v) is 4.29. The summed E-state index contributed by atoms with van der Waals surface area (Å²) in [6.45, 7) is 0. The predicted octanol–water partition coefficient (Wildman–Crippen LogP) is 5.00. The van der Waals surface area contributed by atoms with Gasteiger partial charge < -0.3 is 4.98 Å². The van der Waals surface area contributed by atoms with Gasteiger partial charge in [0, 0.05) is 16.1 Å². The van der Waals surface area contributed by atoms with Crippen LogP contribution in [0.25, 0.3) is 27.6 Å². The van der Waals surface area contributed by atoms with Gasteiger partial charge in [-0.05, 0) is 54.7 Å². The van der Waals surface area contributed by atoms with Crippen molar-refractivity contribution in [3.05, 3.63) is 64.0 Å². The van der Waals surface area contributed by atoms with Gasteiger partial charge in [-0.1, -0.05) is 22.0 Å². The summed E-state index contributed by atoms with van der Waals surface area (Å²) < 4.78 is 3.76. The van der Waals surface area contributed by atoms with Gasteiger partial charge in [-0.25, -0.2) is 0 Å². The molecule has 0 amide bonds. The molecule has 5 heteroatoms. The molecule has 4 rings (SSSR count). The minimum absolute atomic E-state index is 0.680. The van der Waals surface area contributed by atoms with Crippen LogP contribution in [0.2, 0.25) is 0 Å². The Balaban J connectivity index is 2.14. The normalized spacial score (nSPS) is 11.3. The molecule has 0 radical (unpaired) electrons. The smallest absolute Gasteiger partial charge is 0.182 e. The largest absolute Gasteiger partial charge is 0.330 e. The number of nitrogens with one attached hydrogen (secondary N) is 1. The Hall–Kier alpha value is -1.98. The molecule has 1 N–H and O–H groups in total. The second-order valence-corrected chi connectivity index (χ2v) is 6.08. The summed E-state index contributed by atoms with van der Waals surface area (Å²) >= 11 is 9.00. The number of hydrogen-bond donors (Lipinski definition) is 1. The Labute approximate surface area is 134 Å². The van der Waals surface area contributed by atoms with Gasteiger partial charge in [-0.15, -0.1) is 0 Å². The quantitative estimate of drug-likeness (QED) is 0.487. The molecule has 0 saturated heterocycles. The predicted molar refractivity (Wildman–Crippen MR) is 91.5 cm³/mol. The fraction of sp³-hybridized carbons (Fsp3) is 0. The highest BCUT2D eigenvalue weighted by Crippen LogP contribution is 2.27. The summed E-state index contributed by atoms with van der Waals surface area (Å²) in [6.07, 6.45) is 1.80. The summed E-state index contributed by atoms with van der Waals surface area (Å²) in [5, 5.41) is 1.08. The first-order valence-corrected chi connectivity index (χ1v) is 7.68. The van der Waals surface area contributed by atoms with Crippen LogP contribution in [0.15, 0.2) is 59.2 Å². The van der Waals surface area contributed by atoms with E-state index in [-0.39, 0.29) is 0 Å². The second-order valence-electron chi connectivity index (χ2n) is 4.77. The zero-order valence-electron chi connectivity index (χ0n) is 10.9. The van der Waals surface area contributed by atoms with Crippen LogP contribution < -0.4 is 0 Å². The maximum atomic E-state index is 5.51. The lowest BCUT2D eigenvalue weighted by Crippen LogP contribution is -1.95. The fourth-order valence-corrected chi connectivity index (χ4v) is 3.27. The van der Waals surface area contributed by atoms with Crippen LogP contribution in [0.3, 0.4) is 0 Å². The van der Waals surface area contributed by atoms with Crippen molar-refractivity contribution in [3.8, 4) is 5.69 Å². The van der Waals surface area contributed by atoms with E-state index in [4.69, 9.17) is 12.2 Å². The highest BCUT2D eigenvalue weighted by atomic mass is 79.9. The number of aromatic amines is 1. The van der Waals surface area contributed by atoms with E-state index in [2.05, 4.69) is 48.7 Å². The van der Waals surface area contributed by atoms with Gasteiger partial charge in [-0.3, -0.25) is 9.55 Å². The van der Waals surface area contributed by atoms with E-state index in [9.17, 15) is 0 Å². The van der Waals surface area contributed by atoms with Crippen molar-refractivity contribution >= 4 is 50.1 Å². The zero-order valence-corrected chi connectivity index (χ0v) is 13.3. The summed E-state index contributed by atoms with van der Waals surface area (Å²) in [6, 6.07) is 16.2. The van der Waals surface area contributed by atoms with Crippen LogP contribution in [-0.2, 0) is 0 Å². The highest BCUT2D eigenvalue weighted by molar-refractivity contribution is 9.10. The molecule has 0 aliphatic rings. The lowest BCUT2D eigenvalue weighted by Gasteiger charge is -2.08. The average molecular weight is 356 g/mol. The van der Waals surface area contributed by atoms with Crippen molar-refractivity contribution in [3.63, 3.8) is 0 Å². The SMILES string of the molecule is S=c1[nH]c2cc(Br)ccc2n1-c1cccc2ncccc12. The Morgan fingerprint density at radius 3 is 2.90 bits per heavy atom. The minimum Gasteiger partial charge on any atom is -0.330 e. The van der Waals surface area contributed by atoms with Crippen LogP contribution in [0.1, 0.15) is 0 Å². The number of pyridine rings is 1. The molecule has 0 saturated carbocycles. The summed E-state index contributed by atoms with van der Waals surface area (Å²) in [5.41, 5.74) is 4.07. The summed E-state index contributed by atoms with van der Waals surface area (Å²) in [7, 11) is 0. The lowest BCUT2D eigenvalue weighted by atomic mass is 10.1. The summed E-state index contributed by atoms with van der Waals surface area (Å²) in [4.78, 5) is 7.67. The molecule has 0 aliphatic heterocycles. The Bertz CT molecular complexity index is 1030. The molecule has 3 nitrogen and oxygen atoms in total. The van der Waals surface area contributed by atoms with Gasteiger partial charge in [0.25, 0.3) is 0 Å². The van der Waals surface area contributed by atoms with E-state index in [0.717, 1.165) is 32.1 Å². The highest BCUT2D eigenvalue weighted by Gasteiger charge is 2.09. The Morgan fingerprint density at radius 2 is 2.00 bits per heavy atom. The number of fused-ring (bicyclic) bond motifs is 2. The Kier molecular flexibility index (Phi) is 2.90. The van der Waals surface area contributed by atoms with Crippen molar-refractivity contribution in [1.82, 2.24) is 14.5 Å². The number of rotatable bonds is 1. The number of aromatic nitrogens is 3. The number of halogens is 1. The third-order valence-electron chi connectivity index (χ3n) is 3.51. The van der Waals surface area contributed by atoms with Crippen molar-refractivity contribution in [2.75, 3.05) is 0 Å². The maximum absolute atomic E-state index is 5.51. The van der Waals surface area contributed by atoms with E-state index in [0.29, 0.717) is 4.77 Å². The van der Waals surface area contributed by atoms with E-state index < -0.39 is 0 Å². The molecule has 0 aliphatic carbocycles. The topological polar surface area (TPSA) is 33.6 Å². The average Bonchev–Trinajstić information content (AvgIpc) is 2.81. The lowest BCUT2D eigenvalue weighted by molar-refractivity contribution is 1.07. The van der Waals surface area contributed by atoms with Crippen LogP contribution in [0, 0.1) is 4.77 Å². The standard InChI is InChI=1S/C16H10BrN3S/c17-10-6-7-15-13(9-10)19-16(21)20(15)14-5-1-4-12-11(14)3-2-8-18-12/h1-9H,(H,19,21). The molecule has 0 fully saturated rings. The van der Waals surface area contributed by atoms with Gasteiger partial charge in [0.15, 0.2) is 4.77 Å². The van der Waals surface area contributed by atoms with Gasteiger partial charge in [0.05, 0.1) is 22.2 Å². The molecule has 2 heterocycles. The molecular formula is C16H10BrN3S. The number of nitrogens with zero attached hydrogens (tertiary/aromatic N) is 2. The fourth-order valence-electron chi connectivity index (χ4n) is 2.61. The molecule has 21 heavy (non-hydrogen) atoms. The van der Waals surface area contributed by atoms with Crippen LogP contribution in [0.5, 0.6) is 0 Å². The monoisotopic (exact) mass is 355 g/mol. The molecule has 0 atom stereocenters. The number of benzene rings is 2. The molecule has 4 aromatic rings. The minimum atomic E-state index is 0.680. The molecule has 2 aromatic heterocycles. The van der Waals surface area contributed by atoms with Crippen molar-refractivity contribution < 1.29 is 0 Å². The molecular weight excluding hydrogens is 346 g/mol. The van der Waals surface area contributed by atoms with Crippen LogP contribution >= 0.6 is 28.1 Å². The number of hydrogen-bond acceptors (Lipinski definition) is 2. The van der Waals surface area contributed by atoms with Crippen molar-refractivity contribution in [1.29, 1.82) is 0 Å². The second kappa shape index (κ2) is 4.79. The van der Waals surface area contributed by atoms with E-state index in [1.54, 1.807) is 6.20 Å². The van der Waals surface area contributed by atoms with Gasteiger partial charge >= 0.3 is 0 Å². The van der Waals surface area contributed by atoms with Gasteiger partial charge in [0.2, 0.25) is 0 Å².